The van der Waals surface area contributed by atoms with E-state index in [1.807, 2.05) is 66.7 Å². The normalized spacial score (nSPS) is 14.2. The number of carbonyl (C=O) groups excluding carboxylic acids is 2. The molecule has 172 valence electrons. The largest absolute Gasteiger partial charge is 0.347 e. The van der Waals surface area contributed by atoms with Crippen molar-refractivity contribution in [1.82, 2.24) is 5.32 Å². The molecule has 0 aliphatic carbocycles. The minimum absolute atomic E-state index is 0.0260. The van der Waals surface area contributed by atoms with Crippen LogP contribution in [0.15, 0.2) is 84.9 Å². The fourth-order valence-corrected chi connectivity index (χ4v) is 4.36. The molecule has 0 fully saturated rings. The topological polar surface area (TPSA) is 61.2 Å². The molecule has 2 N–H and O–H groups in total. The third kappa shape index (κ3) is 5.15. The summed E-state index contributed by atoms with van der Waals surface area (Å²) >= 11 is 0. The summed E-state index contributed by atoms with van der Waals surface area (Å²) in [5, 5.41) is 5.83. The van der Waals surface area contributed by atoms with Crippen LogP contribution in [0.3, 0.4) is 0 Å². The molecule has 3 aromatic rings. The van der Waals surface area contributed by atoms with Crippen LogP contribution in [-0.2, 0) is 21.5 Å². The number of nitrogens with zero attached hydrogens (tertiary/aromatic N) is 1. The monoisotopic (exact) mass is 452 g/mol. The average Bonchev–Trinajstić information content (AvgIpc) is 3.04. The molecule has 0 spiro atoms. The van der Waals surface area contributed by atoms with E-state index in [2.05, 4.69) is 53.3 Å². The van der Waals surface area contributed by atoms with Gasteiger partial charge in [0, 0.05) is 36.9 Å². The molecule has 0 bridgehead atoms. The maximum absolute atomic E-state index is 12.9. The number of benzene rings is 3. The number of fused-ring (bicyclic) bond motifs is 1. The number of rotatable bonds is 7. The molecule has 0 saturated carbocycles. The second-order valence-corrected chi connectivity index (χ2v) is 9.01. The number of hydrogen-bond donors (Lipinski definition) is 2. The van der Waals surface area contributed by atoms with Crippen molar-refractivity contribution in [1.29, 1.82) is 0 Å². The lowest BCUT2D eigenvalue weighted by Crippen LogP contribution is -2.34. The van der Waals surface area contributed by atoms with E-state index < -0.39 is 0 Å². The molecule has 3 aromatic carbocycles. The van der Waals surface area contributed by atoms with Crippen LogP contribution in [0.2, 0.25) is 0 Å². The first-order valence-corrected chi connectivity index (χ1v) is 11.5. The van der Waals surface area contributed by atoms with Gasteiger partial charge in [0.25, 0.3) is 5.91 Å². The lowest BCUT2D eigenvalue weighted by molar-refractivity contribution is -0.425. The van der Waals surface area contributed by atoms with Gasteiger partial charge in [-0.2, -0.15) is 4.58 Å². The highest BCUT2D eigenvalue weighted by Gasteiger charge is 2.44. The fraction of sp³-hybridized carbons (Fsp3) is 0.207. The maximum atomic E-state index is 12.9. The van der Waals surface area contributed by atoms with Gasteiger partial charge in [-0.25, -0.2) is 0 Å². The third-order valence-electron chi connectivity index (χ3n) is 6.10. The minimum Gasteiger partial charge on any atom is -0.347 e. The van der Waals surface area contributed by atoms with Crippen molar-refractivity contribution in [2.75, 3.05) is 11.9 Å². The van der Waals surface area contributed by atoms with E-state index in [1.54, 1.807) is 0 Å². The molecule has 1 aliphatic heterocycles. The van der Waals surface area contributed by atoms with E-state index >= 15 is 0 Å². The number of amides is 2. The molecule has 5 nitrogen and oxygen atoms in total. The first kappa shape index (κ1) is 23.2. The van der Waals surface area contributed by atoms with Crippen LogP contribution in [0.25, 0.3) is 6.08 Å². The number of carbonyl (C=O) groups is 2. The van der Waals surface area contributed by atoms with Crippen LogP contribution in [-0.4, -0.2) is 28.6 Å². The Morgan fingerprint density at radius 1 is 0.882 bits per heavy atom. The molecular formula is C29H30N3O2+. The van der Waals surface area contributed by atoms with E-state index in [-0.39, 0.29) is 23.8 Å². The first-order chi connectivity index (χ1) is 16.3. The Balaban J connectivity index is 1.59. The summed E-state index contributed by atoms with van der Waals surface area (Å²) in [6, 6.07) is 25.9. The van der Waals surface area contributed by atoms with E-state index in [9.17, 15) is 9.59 Å². The molecule has 0 unspecified atom stereocenters. The Kier molecular flexibility index (Phi) is 6.73. The van der Waals surface area contributed by atoms with Gasteiger partial charge in [0.1, 0.15) is 0 Å². The summed E-state index contributed by atoms with van der Waals surface area (Å²) in [5.41, 5.74) is 5.93. The zero-order valence-corrected chi connectivity index (χ0v) is 19.8. The molecule has 0 saturated heterocycles. The zero-order valence-electron chi connectivity index (χ0n) is 19.8. The molecule has 0 radical (unpaired) electrons. The van der Waals surface area contributed by atoms with Gasteiger partial charge in [0.2, 0.25) is 18.1 Å². The van der Waals surface area contributed by atoms with Crippen LogP contribution in [0.4, 0.5) is 11.4 Å². The van der Waals surface area contributed by atoms with Crippen molar-refractivity contribution in [3.8, 4) is 0 Å². The fourth-order valence-electron chi connectivity index (χ4n) is 4.36. The highest BCUT2D eigenvalue weighted by atomic mass is 16.2. The van der Waals surface area contributed by atoms with Crippen molar-refractivity contribution in [3.05, 3.63) is 102 Å². The van der Waals surface area contributed by atoms with Crippen LogP contribution < -0.4 is 10.6 Å². The lowest BCUT2D eigenvalue weighted by Gasteiger charge is -2.15. The standard InChI is InChI=1S/C29H29N3O2/c1-21(33)31-24-16-13-22(14-17-24)15-18-27-29(2,3)25-11-7-8-12-26(25)32(27)20-28(34)30-19-23-9-5-4-6-10-23/h4-18H,19-20H2,1-3H3,(H,30,34)/p+1. The van der Waals surface area contributed by atoms with Gasteiger partial charge < -0.3 is 10.6 Å². The van der Waals surface area contributed by atoms with Gasteiger partial charge in [-0.15, -0.1) is 0 Å². The molecule has 5 heteroatoms. The van der Waals surface area contributed by atoms with Crippen LogP contribution >= 0.6 is 0 Å². The molecule has 0 aromatic heterocycles. The Morgan fingerprint density at radius 3 is 2.26 bits per heavy atom. The van der Waals surface area contributed by atoms with Crippen molar-refractivity contribution in [3.63, 3.8) is 0 Å². The van der Waals surface area contributed by atoms with E-state index in [0.29, 0.717) is 6.54 Å². The number of para-hydroxylation sites is 1. The quantitative estimate of drug-likeness (QED) is 0.493. The highest BCUT2D eigenvalue weighted by molar-refractivity contribution is 6.05. The Labute approximate surface area is 200 Å². The Morgan fingerprint density at radius 2 is 1.56 bits per heavy atom. The van der Waals surface area contributed by atoms with Crippen LogP contribution in [0.5, 0.6) is 0 Å². The molecule has 34 heavy (non-hydrogen) atoms. The molecule has 1 heterocycles. The first-order valence-electron chi connectivity index (χ1n) is 11.5. The zero-order chi connectivity index (χ0) is 24.1. The molecule has 2 amide bonds. The van der Waals surface area contributed by atoms with Crippen molar-refractivity contribution < 1.29 is 14.2 Å². The predicted octanol–water partition coefficient (Wildman–Crippen LogP) is 5.05. The smallest absolute Gasteiger partial charge is 0.286 e. The predicted molar refractivity (Wildman–Crippen MR) is 137 cm³/mol. The van der Waals surface area contributed by atoms with Crippen molar-refractivity contribution in [2.24, 2.45) is 0 Å². The van der Waals surface area contributed by atoms with Gasteiger partial charge in [-0.1, -0.05) is 60.7 Å². The second-order valence-electron chi connectivity index (χ2n) is 9.01. The Bertz CT molecular complexity index is 1260. The molecule has 4 rings (SSSR count). The summed E-state index contributed by atoms with van der Waals surface area (Å²) in [6.45, 7) is 6.62. The summed E-state index contributed by atoms with van der Waals surface area (Å²) < 4.78 is 2.11. The van der Waals surface area contributed by atoms with E-state index in [1.165, 1.54) is 12.5 Å². The van der Waals surface area contributed by atoms with Crippen molar-refractivity contribution in [2.45, 2.75) is 32.7 Å². The van der Waals surface area contributed by atoms with Gasteiger partial charge in [0.05, 0.1) is 5.41 Å². The Hall–Kier alpha value is -3.99. The van der Waals surface area contributed by atoms with E-state index in [4.69, 9.17) is 0 Å². The number of anilines is 1. The SMILES string of the molecule is CC(=O)Nc1ccc(C=CC2=[N+](CC(=O)NCc3ccccc3)c3ccccc3C2(C)C)cc1. The van der Waals surface area contributed by atoms with Gasteiger partial charge in [-0.05, 0) is 43.2 Å². The summed E-state index contributed by atoms with van der Waals surface area (Å²) in [4.78, 5) is 24.2. The number of hydrogen-bond acceptors (Lipinski definition) is 2. The minimum atomic E-state index is -0.247. The van der Waals surface area contributed by atoms with Crippen molar-refractivity contribution >= 4 is 35.0 Å². The summed E-state index contributed by atoms with van der Waals surface area (Å²) in [7, 11) is 0. The number of nitrogens with one attached hydrogen (secondary N) is 2. The summed E-state index contributed by atoms with van der Waals surface area (Å²) in [6.07, 6.45) is 4.15. The van der Waals surface area contributed by atoms with Gasteiger partial charge >= 0.3 is 0 Å². The molecular weight excluding hydrogens is 422 g/mol. The molecule has 1 aliphatic rings. The average molecular weight is 453 g/mol. The van der Waals surface area contributed by atoms with Crippen LogP contribution in [0.1, 0.15) is 37.5 Å². The van der Waals surface area contributed by atoms with E-state index in [0.717, 1.165) is 28.2 Å². The number of allylic oxidation sites excluding steroid dienone is 1. The van der Waals surface area contributed by atoms with Crippen LogP contribution in [0, 0.1) is 0 Å². The maximum Gasteiger partial charge on any atom is 0.286 e. The lowest BCUT2D eigenvalue weighted by atomic mass is 9.81. The van der Waals surface area contributed by atoms with Gasteiger partial charge in [0.15, 0.2) is 5.71 Å². The summed E-state index contributed by atoms with van der Waals surface area (Å²) in [5.74, 6) is -0.118. The third-order valence-corrected chi connectivity index (χ3v) is 6.10. The highest BCUT2D eigenvalue weighted by Crippen LogP contribution is 2.39. The second kappa shape index (κ2) is 9.87. The van der Waals surface area contributed by atoms with Gasteiger partial charge in [-0.3, -0.25) is 9.59 Å². The molecule has 0 atom stereocenters.